The molecule has 102 valence electrons. The van der Waals surface area contributed by atoms with Gasteiger partial charge in [-0.15, -0.1) is 11.3 Å². The van der Waals surface area contributed by atoms with E-state index in [1.807, 2.05) is 6.07 Å². The van der Waals surface area contributed by atoms with Gasteiger partial charge in [-0.25, -0.2) is 5.14 Å². The summed E-state index contributed by atoms with van der Waals surface area (Å²) < 4.78 is 24.1. The second-order valence-electron chi connectivity index (χ2n) is 4.09. The first-order valence-corrected chi connectivity index (χ1v) is 7.98. The number of aryl methyl sites for hydroxylation is 1. The minimum Gasteiger partial charge on any atom is -0.380 e. The average Bonchev–Trinajstić information content (AvgIpc) is 2.71. The van der Waals surface area contributed by atoms with Crippen LogP contribution in [-0.2, 0) is 16.8 Å². The molecule has 0 fully saturated rings. The highest BCUT2D eigenvalue weighted by atomic mass is 32.2. The molecule has 1 aromatic heterocycles. The van der Waals surface area contributed by atoms with Crippen LogP contribution in [0.2, 0.25) is 0 Å². The number of nitrogens with two attached hydrogens (primary N) is 1. The fourth-order valence-corrected chi connectivity index (χ4v) is 2.91. The lowest BCUT2D eigenvalue weighted by molar-refractivity contribution is 0.603. The topological polar surface area (TPSA) is 84.2 Å². The summed E-state index contributed by atoms with van der Waals surface area (Å²) in [6, 6.07) is 11.1. The molecule has 1 aromatic carbocycles. The molecule has 0 unspecified atom stereocenters. The SMILES string of the molecule is Cc1ccc(CNc2cccc(NS(N)(=O)=O)c2)s1. The first-order chi connectivity index (χ1) is 8.92. The van der Waals surface area contributed by atoms with Crippen molar-refractivity contribution in [1.82, 2.24) is 0 Å². The van der Waals surface area contributed by atoms with Gasteiger partial charge in [0.1, 0.15) is 0 Å². The first kappa shape index (κ1) is 13.9. The lowest BCUT2D eigenvalue weighted by Crippen LogP contribution is -2.21. The normalized spacial score (nSPS) is 11.3. The van der Waals surface area contributed by atoms with Gasteiger partial charge in [0.25, 0.3) is 10.2 Å². The molecule has 2 rings (SSSR count). The van der Waals surface area contributed by atoms with Crippen molar-refractivity contribution in [3.63, 3.8) is 0 Å². The van der Waals surface area contributed by atoms with Crippen LogP contribution < -0.4 is 15.2 Å². The van der Waals surface area contributed by atoms with E-state index in [1.165, 1.54) is 9.75 Å². The lowest BCUT2D eigenvalue weighted by atomic mass is 10.3. The van der Waals surface area contributed by atoms with E-state index in [1.54, 1.807) is 29.5 Å². The zero-order valence-corrected chi connectivity index (χ0v) is 12.0. The summed E-state index contributed by atoms with van der Waals surface area (Å²) >= 11 is 1.73. The predicted molar refractivity (Wildman–Crippen MR) is 79.6 cm³/mol. The Kier molecular flexibility index (Phi) is 4.08. The number of hydrogen-bond donors (Lipinski definition) is 3. The third-order valence-electron chi connectivity index (χ3n) is 2.39. The molecule has 0 saturated carbocycles. The predicted octanol–water partition coefficient (Wildman–Crippen LogP) is 2.28. The molecule has 0 radical (unpaired) electrons. The van der Waals surface area contributed by atoms with Crippen molar-refractivity contribution < 1.29 is 8.42 Å². The summed E-state index contributed by atoms with van der Waals surface area (Å²) in [6.07, 6.45) is 0. The van der Waals surface area contributed by atoms with Crippen molar-refractivity contribution in [2.75, 3.05) is 10.0 Å². The summed E-state index contributed by atoms with van der Waals surface area (Å²) in [5, 5.41) is 8.16. The number of thiophene rings is 1. The highest BCUT2D eigenvalue weighted by molar-refractivity contribution is 7.90. The monoisotopic (exact) mass is 297 g/mol. The quantitative estimate of drug-likeness (QED) is 0.791. The van der Waals surface area contributed by atoms with Crippen LogP contribution in [0.4, 0.5) is 11.4 Å². The minimum absolute atomic E-state index is 0.440. The molecule has 7 heteroatoms. The summed E-state index contributed by atoms with van der Waals surface area (Å²) in [5.74, 6) is 0. The first-order valence-electron chi connectivity index (χ1n) is 5.62. The van der Waals surface area contributed by atoms with Crippen molar-refractivity contribution in [2.24, 2.45) is 5.14 Å². The number of hydrogen-bond acceptors (Lipinski definition) is 4. The van der Waals surface area contributed by atoms with Gasteiger partial charge in [0.15, 0.2) is 0 Å². The van der Waals surface area contributed by atoms with Crippen LogP contribution in [0, 0.1) is 6.92 Å². The Bertz CT molecular complexity index is 665. The molecular formula is C12H15N3O2S2. The molecule has 0 spiro atoms. The summed E-state index contributed by atoms with van der Waals surface area (Å²) in [7, 11) is -3.73. The molecular weight excluding hydrogens is 282 g/mol. The second kappa shape index (κ2) is 5.60. The van der Waals surface area contributed by atoms with Gasteiger partial charge >= 0.3 is 0 Å². The van der Waals surface area contributed by atoms with E-state index in [0.717, 1.165) is 5.69 Å². The largest absolute Gasteiger partial charge is 0.380 e. The highest BCUT2D eigenvalue weighted by Gasteiger charge is 2.03. The zero-order valence-electron chi connectivity index (χ0n) is 10.4. The maximum Gasteiger partial charge on any atom is 0.296 e. The van der Waals surface area contributed by atoms with Crippen molar-refractivity contribution in [1.29, 1.82) is 0 Å². The summed E-state index contributed by atoms with van der Waals surface area (Å²) in [5.41, 5.74) is 1.27. The van der Waals surface area contributed by atoms with Gasteiger partial charge < -0.3 is 5.32 Å². The molecule has 0 bridgehead atoms. The molecule has 0 atom stereocenters. The maximum absolute atomic E-state index is 10.9. The number of benzene rings is 1. The van der Waals surface area contributed by atoms with Crippen molar-refractivity contribution in [2.45, 2.75) is 13.5 Å². The standard InChI is InChI=1S/C12H15N3O2S2/c1-9-5-6-12(18-9)8-14-10-3-2-4-11(7-10)15-19(13,16)17/h2-7,14-15H,8H2,1H3,(H2,13,16,17). The Morgan fingerprint density at radius 3 is 2.58 bits per heavy atom. The highest BCUT2D eigenvalue weighted by Crippen LogP contribution is 2.19. The van der Waals surface area contributed by atoms with Crippen molar-refractivity contribution in [3.8, 4) is 0 Å². The Balaban J connectivity index is 2.03. The fraction of sp³-hybridized carbons (Fsp3) is 0.167. The van der Waals surface area contributed by atoms with E-state index >= 15 is 0 Å². The van der Waals surface area contributed by atoms with E-state index in [2.05, 4.69) is 29.1 Å². The molecule has 1 heterocycles. The van der Waals surface area contributed by atoms with E-state index in [4.69, 9.17) is 5.14 Å². The minimum atomic E-state index is -3.73. The number of anilines is 2. The molecule has 0 aliphatic heterocycles. The van der Waals surface area contributed by atoms with Crippen LogP contribution in [0.1, 0.15) is 9.75 Å². The van der Waals surface area contributed by atoms with Gasteiger partial charge in [-0.3, -0.25) is 4.72 Å². The average molecular weight is 297 g/mol. The maximum atomic E-state index is 10.9. The van der Waals surface area contributed by atoms with Crippen LogP contribution in [0.15, 0.2) is 36.4 Å². The molecule has 0 amide bonds. The molecule has 0 aliphatic rings. The Labute approximate surface area is 116 Å². The zero-order chi connectivity index (χ0) is 13.9. The third kappa shape index (κ3) is 4.55. The molecule has 5 nitrogen and oxygen atoms in total. The molecule has 19 heavy (non-hydrogen) atoms. The van der Waals surface area contributed by atoms with Crippen LogP contribution in [0.5, 0.6) is 0 Å². The molecule has 0 saturated heterocycles. The lowest BCUT2D eigenvalue weighted by Gasteiger charge is -2.08. The van der Waals surface area contributed by atoms with E-state index in [-0.39, 0.29) is 0 Å². The van der Waals surface area contributed by atoms with Gasteiger partial charge in [-0.2, -0.15) is 8.42 Å². The van der Waals surface area contributed by atoms with Crippen molar-refractivity contribution >= 4 is 32.9 Å². The van der Waals surface area contributed by atoms with E-state index < -0.39 is 10.2 Å². The molecule has 0 aliphatic carbocycles. The van der Waals surface area contributed by atoms with E-state index in [9.17, 15) is 8.42 Å². The molecule has 4 N–H and O–H groups in total. The van der Waals surface area contributed by atoms with Crippen LogP contribution in [0.3, 0.4) is 0 Å². The summed E-state index contributed by atoms with van der Waals surface area (Å²) in [6.45, 7) is 2.77. The van der Waals surface area contributed by atoms with Gasteiger partial charge in [-0.1, -0.05) is 6.07 Å². The van der Waals surface area contributed by atoms with Gasteiger partial charge in [0, 0.05) is 22.0 Å². The van der Waals surface area contributed by atoms with Gasteiger partial charge in [0.2, 0.25) is 0 Å². The fourth-order valence-electron chi connectivity index (χ4n) is 1.63. The summed E-state index contributed by atoms with van der Waals surface area (Å²) in [4.78, 5) is 2.49. The van der Waals surface area contributed by atoms with Crippen LogP contribution in [-0.4, -0.2) is 8.42 Å². The van der Waals surface area contributed by atoms with Crippen LogP contribution in [0.25, 0.3) is 0 Å². The second-order valence-corrected chi connectivity index (χ2v) is 6.76. The van der Waals surface area contributed by atoms with Gasteiger partial charge in [-0.05, 0) is 37.3 Å². The molecule has 2 aromatic rings. The smallest absolute Gasteiger partial charge is 0.296 e. The third-order valence-corrected chi connectivity index (χ3v) is 3.91. The number of nitrogens with one attached hydrogen (secondary N) is 2. The Morgan fingerprint density at radius 1 is 1.21 bits per heavy atom. The number of rotatable bonds is 5. The van der Waals surface area contributed by atoms with Crippen LogP contribution >= 0.6 is 11.3 Å². The Hall–Kier alpha value is -1.57. The Morgan fingerprint density at radius 2 is 1.95 bits per heavy atom. The van der Waals surface area contributed by atoms with Crippen molar-refractivity contribution in [3.05, 3.63) is 46.2 Å². The van der Waals surface area contributed by atoms with Gasteiger partial charge in [0.05, 0.1) is 5.69 Å². The van der Waals surface area contributed by atoms with E-state index in [0.29, 0.717) is 12.2 Å².